The Labute approximate surface area is 206 Å². The van der Waals surface area contributed by atoms with E-state index in [4.69, 9.17) is 26.2 Å². The molecule has 1 aliphatic rings. The molecular weight excluding hydrogens is 456 g/mol. The summed E-state index contributed by atoms with van der Waals surface area (Å²) in [4.78, 5) is 29.8. The number of benzene rings is 1. The van der Waals surface area contributed by atoms with E-state index in [1.165, 1.54) is 0 Å². The molecule has 1 fully saturated rings. The third-order valence-electron chi connectivity index (χ3n) is 6.06. The lowest BCUT2D eigenvalue weighted by Crippen LogP contribution is -2.37. The zero-order valence-electron chi connectivity index (χ0n) is 19.8. The van der Waals surface area contributed by atoms with Gasteiger partial charge < -0.3 is 19.5 Å². The molecule has 7 nitrogen and oxygen atoms in total. The van der Waals surface area contributed by atoms with Crippen LogP contribution in [0, 0.1) is 5.41 Å². The van der Waals surface area contributed by atoms with E-state index < -0.39 is 11.4 Å². The number of ether oxygens (including phenoxy) is 2. The highest BCUT2D eigenvalue weighted by Gasteiger charge is 2.29. The van der Waals surface area contributed by atoms with Crippen molar-refractivity contribution in [3.05, 3.63) is 53.3 Å². The number of hydrogen-bond acceptors (Lipinski definition) is 6. The van der Waals surface area contributed by atoms with Gasteiger partial charge >= 0.3 is 11.9 Å². The summed E-state index contributed by atoms with van der Waals surface area (Å²) in [6.45, 7) is 6.07. The molecule has 1 N–H and O–H groups in total. The largest absolute Gasteiger partial charge is 0.481 e. The Balaban J connectivity index is 1.37. The maximum absolute atomic E-state index is 11.9. The lowest BCUT2D eigenvalue weighted by molar-refractivity contribution is -0.156. The van der Waals surface area contributed by atoms with Crippen molar-refractivity contribution in [1.29, 1.82) is 0 Å². The first-order valence-corrected chi connectivity index (χ1v) is 12.1. The second kappa shape index (κ2) is 12.3. The molecule has 1 aliphatic heterocycles. The van der Waals surface area contributed by atoms with Crippen molar-refractivity contribution in [3.63, 3.8) is 0 Å². The molecular formula is C26H33ClN2O5. The molecule has 1 aromatic carbocycles. The predicted molar refractivity (Wildman–Crippen MR) is 131 cm³/mol. The van der Waals surface area contributed by atoms with Gasteiger partial charge in [-0.3, -0.25) is 14.6 Å². The van der Waals surface area contributed by atoms with Crippen LogP contribution in [0.5, 0.6) is 0 Å². The van der Waals surface area contributed by atoms with E-state index in [1.54, 1.807) is 20.0 Å². The summed E-state index contributed by atoms with van der Waals surface area (Å²) >= 11 is 6.01. The quantitative estimate of drug-likeness (QED) is 0.453. The molecule has 0 amide bonds. The number of aliphatic carboxylic acids is 1. The Kier molecular flexibility index (Phi) is 9.45. The average molecular weight is 489 g/mol. The maximum Gasteiger partial charge on any atom is 0.312 e. The van der Waals surface area contributed by atoms with E-state index in [0.717, 1.165) is 49.3 Å². The Bertz CT molecular complexity index is 956. The summed E-state index contributed by atoms with van der Waals surface area (Å²) in [5, 5.41) is 9.79. The van der Waals surface area contributed by atoms with Crippen LogP contribution in [0.3, 0.4) is 0 Å². The number of pyridine rings is 1. The first kappa shape index (κ1) is 26.1. The fourth-order valence-corrected chi connectivity index (χ4v) is 3.91. The van der Waals surface area contributed by atoms with Gasteiger partial charge in [-0.05, 0) is 63.4 Å². The van der Waals surface area contributed by atoms with Crippen LogP contribution < -0.4 is 0 Å². The number of piperidine rings is 1. The smallest absolute Gasteiger partial charge is 0.312 e. The minimum atomic E-state index is -1.07. The van der Waals surface area contributed by atoms with Crippen LogP contribution in [0.2, 0.25) is 5.02 Å². The first-order chi connectivity index (χ1) is 16.2. The molecule has 8 heteroatoms. The van der Waals surface area contributed by atoms with E-state index in [1.807, 2.05) is 36.4 Å². The van der Waals surface area contributed by atoms with E-state index >= 15 is 0 Å². The van der Waals surface area contributed by atoms with Gasteiger partial charge in [0.2, 0.25) is 0 Å². The van der Waals surface area contributed by atoms with Crippen molar-refractivity contribution in [3.8, 4) is 11.1 Å². The van der Waals surface area contributed by atoms with Crippen LogP contribution in [-0.2, 0) is 25.7 Å². The summed E-state index contributed by atoms with van der Waals surface area (Å²) in [5.41, 5.74) is 1.96. The second-order valence-corrected chi connectivity index (χ2v) is 9.75. The molecule has 2 heterocycles. The number of carboxylic acid groups (broad SMARTS) is 1. The number of rotatable bonds is 11. The van der Waals surface area contributed by atoms with Crippen LogP contribution in [0.25, 0.3) is 11.1 Å². The highest BCUT2D eigenvalue weighted by atomic mass is 35.5. The van der Waals surface area contributed by atoms with Crippen molar-refractivity contribution in [2.24, 2.45) is 5.41 Å². The number of carboxylic acids is 1. The summed E-state index contributed by atoms with van der Waals surface area (Å²) in [6, 6.07) is 11.7. The summed E-state index contributed by atoms with van der Waals surface area (Å²) in [5.74, 6) is -1.32. The van der Waals surface area contributed by atoms with E-state index in [0.29, 0.717) is 24.5 Å². The fourth-order valence-electron chi connectivity index (χ4n) is 3.78. The highest BCUT2D eigenvalue weighted by Crippen LogP contribution is 2.25. The van der Waals surface area contributed by atoms with Gasteiger partial charge in [-0.25, -0.2) is 0 Å². The van der Waals surface area contributed by atoms with E-state index in [-0.39, 0.29) is 18.7 Å². The normalized spacial score (nSPS) is 15.3. The molecule has 1 saturated heterocycles. The SMILES string of the molecule is CC(C)(COC(=O)CCCN1CCC(OCc2ncccc2-c2ccc(Cl)cc2)CC1)C(=O)O. The van der Waals surface area contributed by atoms with Crippen LogP contribution in [0.15, 0.2) is 42.6 Å². The van der Waals surface area contributed by atoms with E-state index in [9.17, 15) is 9.59 Å². The van der Waals surface area contributed by atoms with Gasteiger partial charge in [0.1, 0.15) is 6.61 Å². The van der Waals surface area contributed by atoms with Gasteiger partial charge in [-0.1, -0.05) is 29.8 Å². The Morgan fingerprint density at radius 2 is 1.88 bits per heavy atom. The Morgan fingerprint density at radius 3 is 2.56 bits per heavy atom. The lowest BCUT2D eigenvalue weighted by atomic mass is 9.95. The molecule has 2 aromatic rings. The van der Waals surface area contributed by atoms with Crippen molar-refractivity contribution >= 4 is 23.5 Å². The van der Waals surface area contributed by atoms with Crippen LogP contribution in [0.1, 0.15) is 45.2 Å². The molecule has 0 spiro atoms. The standard InChI is InChI=1S/C26H33ClN2O5/c1-26(2,25(31)32)18-34-24(30)6-4-14-29-15-11-21(12-16-29)33-17-23-22(5-3-13-28-23)19-7-9-20(27)10-8-19/h3,5,7-10,13,21H,4,6,11-12,14-18H2,1-2H3,(H,31,32). The van der Waals surface area contributed by atoms with Gasteiger partial charge in [0, 0.05) is 36.3 Å². The highest BCUT2D eigenvalue weighted by molar-refractivity contribution is 6.30. The lowest BCUT2D eigenvalue weighted by Gasteiger charge is -2.31. The van der Waals surface area contributed by atoms with Gasteiger partial charge in [-0.15, -0.1) is 0 Å². The molecule has 0 radical (unpaired) electrons. The summed E-state index contributed by atoms with van der Waals surface area (Å²) in [6.07, 6.45) is 4.81. The number of nitrogens with zero attached hydrogens (tertiary/aromatic N) is 2. The molecule has 0 unspecified atom stereocenters. The molecule has 0 saturated carbocycles. The predicted octanol–water partition coefficient (Wildman–Crippen LogP) is 4.82. The van der Waals surface area contributed by atoms with Crippen molar-refractivity contribution < 1.29 is 24.2 Å². The van der Waals surface area contributed by atoms with Crippen molar-refractivity contribution in [1.82, 2.24) is 9.88 Å². The second-order valence-electron chi connectivity index (χ2n) is 9.31. The van der Waals surface area contributed by atoms with E-state index in [2.05, 4.69) is 9.88 Å². The minimum Gasteiger partial charge on any atom is -0.481 e. The van der Waals surface area contributed by atoms with Crippen LogP contribution >= 0.6 is 11.6 Å². The van der Waals surface area contributed by atoms with Crippen molar-refractivity contribution in [2.75, 3.05) is 26.2 Å². The maximum atomic E-state index is 11.9. The Morgan fingerprint density at radius 1 is 1.18 bits per heavy atom. The molecule has 3 rings (SSSR count). The third kappa shape index (κ3) is 7.79. The molecule has 0 atom stereocenters. The molecule has 1 aromatic heterocycles. The van der Waals surface area contributed by atoms with Gasteiger partial charge in [0.05, 0.1) is 23.8 Å². The number of carbonyl (C=O) groups is 2. The van der Waals surface area contributed by atoms with Crippen LogP contribution in [-0.4, -0.2) is 59.3 Å². The van der Waals surface area contributed by atoms with Gasteiger partial charge in [0.15, 0.2) is 0 Å². The Hall–Kier alpha value is -2.48. The number of esters is 1. The number of aromatic nitrogens is 1. The minimum absolute atomic E-state index is 0.111. The molecule has 34 heavy (non-hydrogen) atoms. The zero-order valence-corrected chi connectivity index (χ0v) is 20.6. The van der Waals surface area contributed by atoms with Gasteiger partial charge in [0.25, 0.3) is 0 Å². The number of hydrogen-bond donors (Lipinski definition) is 1. The van der Waals surface area contributed by atoms with Crippen LogP contribution in [0.4, 0.5) is 0 Å². The number of halogens is 1. The average Bonchev–Trinajstić information content (AvgIpc) is 2.83. The topological polar surface area (TPSA) is 89.0 Å². The van der Waals surface area contributed by atoms with Crippen molar-refractivity contribution in [2.45, 2.75) is 52.2 Å². The molecule has 184 valence electrons. The summed E-state index contributed by atoms with van der Waals surface area (Å²) < 4.78 is 11.3. The third-order valence-corrected chi connectivity index (χ3v) is 6.32. The monoisotopic (exact) mass is 488 g/mol. The first-order valence-electron chi connectivity index (χ1n) is 11.7. The fraction of sp³-hybridized carbons (Fsp3) is 0.500. The van der Waals surface area contributed by atoms with Gasteiger partial charge in [-0.2, -0.15) is 0 Å². The zero-order chi connectivity index (χ0) is 24.6. The number of carbonyl (C=O) groups excluding carboxylic acids is 1. The number of likely N-dealkylation sites (tertiary alicyclic amines) is 1. The molecule has 0 aliphatic carbocycles. The molecule has 0 bridgehead atoms. The summed E-state index contributed by atoms with van der Waals surface area (Å²) in [7, 11) is 0.